The molecule has 4 nitrogen and oxygen atoms in total. The molecule has 3 rings (SSSR count). The van der Waals surface area contributed by atoms with Crippen LogP contribution in [0.1, 0.15) is 12.8 Å². The molecule has 0 radical (unpaired) electrons. The van der Waals surface area contributed by atoms with Crippen molar-refractivity contribution in [3.63, 3.8) is 0 Å². The van der Waals surface area contributed by atoms with Gasteiger partial charge in [-0.05, 0) is 37.9 Å². The molecule has 0 bridgehead atoms. The van der Waals surface area contributed by atoms with Crippen molar-refractivity contribution < 1.29 is 4.74 Å². The van der Waals surface area contributed by atoms with Gasteiger partial charge in [0.15, 0.2) is 0 Å². The summed E-state index contributed by atoms with van der Waals surface area (Å²) in [7, 11) is 0. The number of para-hydroxylation sites is 1. The maximum absolute atomic E-state index is 5.70. The molecule has 0 saturated carbocycles. The van der Waals surface area contributed by atoms with Crippen LogP contribution in [0.4, 0.5) is 0 Å². The van der Waals surface area contributed by atoms with Crippen LogP contribution in [-0.2, 0) is 0 Å². The van der Waals surface area contributed by atoms with E-state index in [1.54, 1.807) is 0 Å². The molecule has 2 heterocycles. The van der Waals surface area contributed by atoms with E-state index in [-0.39, 0.29) is 0 Å². The third-order valence-electron chi connectivity index (χ3n) is 3.37. The number of hydrogen-bond donors (Lipinski definition) is 1. The predicted molar refractivity (Wildman–Crippen MR) is 70.6 cm³/mol. The number of nitrogens with zero attached hydrogens (tertiary/aromatic N) is 2. The Morgan fingerprint density at radius 1 is 1.22 bits per heavy atom. The van der Waals surface area contributed by atoms with Crippen molar-refractivity contribution in [2.75, 3.05) is 19.7 Å². The van der Waals surface area contributed by atoms with Crippen LogP contribution in [-0.4, -0.2) is 29.7 Å². The summed E-state index contributed by atoms with van der Waals surface area (Å²) in [4.78, 5) is 8.65. The third-order valence-corrected chi connectivity index (χ3v) is 3.37. The topological polar surface area (TPSA) is 47.0 Å². The minimum absolute atomic E-state index is 0.493. The third kappa shape index (κ3) is 2.59. The average Bonchev–Trinajstić information content (AvgIpc) is 2.46. The van der Waals surface area contributed by atoms with Crippen LogP contribution in [0.25, 0.3) is 10.9 Å². The lowest BCUT2D eigenvalue weighted by molar-refractivity contribution is 0.202. The zero-order valence-electron chi connectivity index (χ0n) is 10.3. The molecule has 1 N–H and O–H groups in total. The van der Waals surface area contributed by atoms with Gasteiger partial charge in [0.25, 0.3) is 0 Å². The van der Waals surface area contributed by atoms with E-state index in [0.717, 1.165) is 30.6 Å². The lowest BCUT2D eigenvalue weighted by atomic mass is 9.99. The molecule has 1 saturated heterocycles. The first-order valence-corrected chi connectivity index (χ1v) is 6.47. The van der Waals surface area contributed by atoms with E-state index in [9.17, 15) is 0 Å². The molecule has 0 aliphatic carbocycles. The van der Waals surface area contributed by atoms with Crippen molar-refractivity contribution in [3.05, 3.63) is 30.5 Å². The molecular formula is C14H17N3O. The quantitative estimate of drug-likeness (QED) is 0.895. The molecule has 4 heteroatoms. The van der Waals surface area contributed by atoms with Crippen molar-refractivity contribution in [2.45, 2.75) is 12.8 Å². The van der Waals surface area contributed by atoms with Crippen LogP contribution in [0.5, 0.6) is 6.01 Å². The second kappa shape index (κ2) is 5.31. The van der Waals surface area contributed by atoms with Crippen LogP contribution in [0.2, 0.25) is 0 Å². The molecule has 1 aromatic carbocycles. The fourth-order valence-corrected chi connectivity index (χ4v) is 2.27. The fourth-order valence-electron chi connectivity index (χ4n) is 2.27. The highest BCUT2D eigenvalue weighted by molar-refractivity contribution is 5.77. The zero-order valence-corrected chi connectivity index (χ0v) is 10.3. The van der Waals surface area contributed by atoms with Gasteiger partial charge in [0.05, 0.1) is 12.1 Å². The number of aromatic nitrogens is 2. The smallest absolute Gasteiger partial charge is 0.316 e. The second-order valence-corrected chi connectivity index (χ2v) is 4.72. The molecule has 1 fully saturated rings. The largest absolute Gasteiger partial charge is 0.463 e. The van der Waals surface area contributed by atoms with E-state index in [2.05, 4.69) is 15.3 Å². The van der Waals surface area contributed by atoms with Gasteiger partial charge in [-0.25, -0.2) is 4.98 Å². The molecule has 1 aliphatic heterocycles. The normalized spacial score (nSPS) is 16.9. The summed E-state index contributed by atoms with van der Waals surface area (Å²) in [6, 6.07) is 8.44. The minimum atomic E-state index is 0.493. The Kier molecular flexibility index (Phi) is 3.37. The molecule has 0 amide bonds. The van der Waals surface area contributed by atoms with Gasteiger partial charge in [-0.1, -0.05) is 18.2 Å². The van der Waals surface area contributed by atoms with Gasteiger partial charge in [-0.2, -0.15) is 4.98 Å². The monoisotopic (exact) mass is 243 g/mol. The van der Waals surface area contributed by atoms with Crippen molar-refractivity contribution in [1.29, 1.82) is 0 Å². The average molecular weight is 243 g/mol. The van der Waals surface area contributed by atoms with Gasteiger partial charge < -0.3 is 10.1 Å². The maximum atomic E-state index is 5.70. The van der Waals surface area contributed by atoms with Gasteiger partial charge in [0, 0.05) is 11.6 Å². The summed E-state index contributed by atoms with van der Waals surface area (Å²) in [6.07, 6.45) is 4.17. The molecule has 1 aromatic heterocycles. The molecule has 0 atom stereocenters. The molecule has 0 unspecified atom stereocenters. The molecule has 2 aromatic rings. The lowest BCUT2D eigenvalue weighted by Gasteiger charge is -2.21. The first-order valence-electron chi connectivity index (χ1n) is 6.47. The number of fused-ring (bicyclic) bond motifs is 1. The molecular weight excluding hydrogens is 226 g/mol. The first kappa shape index (κ1) is 11.4. The van der Waals surface area contributed by atoms with E-state index in [0.29, 0.717) is 11.9 Å². The van der Waals surface area contributed by atoms with Crippen LogP contribution in [0, 0.1) is 5.92 Å². The van der Waals surface area contributed by atoms with Crippen molar-refractivity contribution in [2.24, 2.45) is 5.92 Å². The lowest BCUT2D eigenvalue weighted by Crippen LogP contribution is -2.30. The summed E-state index contributed by atoms with van der Waals surface area (Å²) in [6.45, 7) is 2.90. The van der Waals surface area contributed by atoms with Gasteiger partial charge in [-0.3, -0.25) is 0 Å². The molecule has 18 heavy (non-hydrogen) atoms. The van der Waals surface area contributed by atoms with Gasteiger partial charge in [0.2, 0.25) is 0 Å². The fraction of sp³-hybridized carbons (Fsp3) is 0.429. The Labute approximate surface area is 106 Å². The summed E-state index contributed by atoms with van der Waals surface area (Å²) >= 11 is 0. The minimum Gasteiger partial charge on any atom is -0.463 e. The Morgan fingerprint density at radius 2 is 2.06 bits per heavy atom. The van der Waals surface area contributed by atoms with Gasteiger partial charge in [0.1, 0.15) is 0 Å². The van der Waals surface area contributed by atoms with Crippen molar-refractivity contribution in [1.82, 2.24) is 15.3 Å². The Bertz CT molecular complexity index is 523. The van der Waals surface area contributed by atoms with Gasteiger partial charge >= 0.3 is 6.01 Å². The second-order valence-electron chi connectivity index (χ2n) is 4.72. The number of rotatable bonds is 3. The molecule has 1 aliphatic rings. The Hall–Kier alpha value is -1.68. The van der Waals surface area contributed by atoms with E-state index in [1.165, 1.54) is 12.8 Å². The van der Waals surface area contributed by atoms with Crippen LogP contribution in [0.15, 0.2) is 30.5 Å². The highest BCUT2D eigenvalue weighted by Crippen LogP contribution is 2.16. The number of nitrogens with one attached hydrogen (secondary N) is 1. The summed E-state index contributed by atoms with van der Waals surface area (Å²) in [5, 5.41) is 4.40. The van der Waals surface area contributed by atoms with E-state index in [4.69, 9.17) is 4.74 Å². The van der Waals surface area contributed by atoms with Crippen molar-refractivity contribution >= 4 is 10.9 Å². The van der Waals surface area contributed by atoms with E-state index in [1.807, 2.05) is 30.5 Å². The SMILES string of the molecule is c1ccc2nc(OCC3CCNCC3)ncc2c1. The maximum Gasteiger partial charge on any atom is 0.316 e. The highest BCUT2D eigenvalue weighted by atomic mass is 16.5. The summed E-state index contributed by atoms with van der Waals surface area (Å²) in [5.74, 6) is 0.626. The van der Waals surface area contributed by atoms with Gasteiger partial charge in [-0.15, -0.1) is 0 Å². The Balaban J connectivity index is 1.66. The van der Waals surface area contributed by atoms with E-state index >= 15 is 0 Å². The Morgan fingerprint density at radius 3 is 2.94 bits per heavy atom. The standard InChI is InChI=1S/C14H17N3O/c1-2-4-13-12(3-1)9-16-14(17-13)18-10-11-5-7-15-8-6-11/h1-4,9,11,15H,5-8,10H2. The molecule has 0 spiro atoms. The number of piperidine rings is 1. The number of benzene rings is 1. The summed E-state index contributed by atoms with van der Waals surface area (Å²) in [5.41, 5.74) is 0.938. The summed E-state index contributed by atoms with van der Waals surface area (Å²) < 4.78 is 5.70. The predicted octanol–water partition coefficient (Wildman–Crippen LogP) is 2.01. The molecule has 94 valence electrons. The van der Waals surface area contributed by atoms with E-state index < -0.39 is 0 Å². The first-order chi connectivity index (χ1) is 8.92. The number of hydrogen-bond acceptors (Lipinski definition) is 4. The zero-order chi connectivity index (χ0) is 12.2. The van der Waals surface area contributed by atoms with Crippen LogP contribution in [0.3, 0.4) is 0 Å². The van der Waals surface area contributed by atoms with Crippen LogP contribution >= 0.6 is 0 Å². The number of ether oxygens (including phenoxy) is 1. The highest BCUT2D eigenvalue weighted by Gasteiger charge is 2.14. The van der Waals surface area contributed by atoms with Crippen LogP contribution < -0.4 is 10.1 Å². The van der Waals surface area contributed by atoms with Crippen molar-refractivity contribution in [3.8, 4) is 6.01 Å².